The first-order valence-electron chi connectivity index (χ1n) is 7.74. The molecule has 2 aromatic carbocycles. The highest BCUT2D eigenvalue weighted by molar-refractivity contribution is 6.04. The molecule has 1 atom stereocenters. The van der Waals surface area contributed by atoms with Crippen LogP contribution in [0.2, 0.25) is 0 Å². The van der Waals surface area contributed by atoms with E-state index in [4.69, 9.17) is 0 Å². The maximum Gasteiger partial charge on any atom is 0.255 e. The van der Waals surface area contributed by atoms with E-state index in [0.29, 0.717) is 16.8 Å². The van der Waals surface area contributed by atoms with Crippen molar-refractivity contribution in [1.82, 2.24) is 9.78 Å². The fourth-order valence-corrected chi connectivity index (χ4v) is 2.49. The highest BCUT2D eigenvalue weighted by Crippen LogP contribution is 2.23. The quantitative estimate of drug-likeness (QED) is 0.773. The lowest BCUT2D eigenvalue weighted by Crippen LogP contribution is -2.14. The van der Waals surface area contributed by atoms with Crippen LogP contribution < -0.4 is 5.32 Å². The molecule has 3 aromatic rings. The van der Waals surface area contributed by atoms with Crippen molar-refractivity contribution in [3.63, 3.8) is 0 Å². The van der Waals surface area contributed by atoms with Crippen LogP contribution in [0.3, 0.4) is 0 Å². The molecule has 0 saturated carbocycles. The van der Waals surface area contributed by atoms with Gasteiger partial charge in [0.2, 0.25) is 0 Å². The number of hydrogen-bond donors (Lipinski definition) is 2. The van der Waals surface area contributed by atoms with E-state index in [2.05, 4.69) is 10.4 Å². The Morgan fingerprint density at radius 3 is 2.50 bits per heavy atom. The minimum absolute atomic E-state index is 0.216. The van der Waals surface area contributed by atoms with Gasteiger partial charge >= 0.3 is 0 Å². The van der Waals surface area contributed by atoms with E-state index in [-0.39, 0.29) is 5.91 Å². The predicted molar refractivity (Wildman–Crippen MR) is 93.3 cm³/mol. The molecule has 0 saturated heterocycles. The molecule has 0 aliphatic carbocycles. The summed E-state index contributed by atoms with van der Waals surface area (Å²) in [7, 11) is 0. The Morgan fingerprint density at radius 1 is 1.17 bits per heavy atom. The van der Waals surface area contributed by atoms with Crippen LogP contribution in [0.5, 0.6) is 0 Å². The number of amides is 1. The summed E-state index contributed by atoms with van der Waals surface area (Å²) in [6, 6.07) is 14.4. The number of aryl methyl sites for hydroxylation is 1. The van der Waals surface area contributed by atoms with Gasteiger partial charge in [-0.2, -0.15) is 5.10 Å². The van der Waals surface area contributed by atoms with Crippen molar-refractivity contribution in [3.8, 4) is 5.69 Å². The fraction of sp³-hybridized carbons (Fsp3) is 0.158. The van der Waals surface area contributed by atoms with Gasteiger partial charge in [-0.25, -0.2) is 4.68 Å². The summed E-state index contributed by atoms with van der Waals surface area (Å²) in [6.07, 6.45) is 3.06. The molecule has 0 fully saturated rings. The number of aromatic nitrogens is 2. The van der Waals surface area contributed by atoms with E-state index < -0.39 is 6.10 Å². The SMILES string of the molecule is Cc1cnn(-c2ccc(C(=O)Nc3ccccc3C(C)O)cc2)c1. The van der Waals surface area contributed by atoms with Crippen LogP contribution in [-0.2, 0) is 0 Å². The molecule has 0 aliphatic rings. The number of carbonyl (C=O) groups excluding carboxylic acids is 1. The van der Waals surface area contributed by atoms with Crippen LogP contribution >= 0.6 is 0 Å². The molecule has 1 heterocycles. The van der Waals surface area contributed by atoms with Gasteiger partial charge in [0.15, 0.2) is 0 Å². The number of para-hydroxylation sites is 1. The van der Waals surface area contributed by atoms with Gasteiger partial charge in [0.05, 0.1) is 18.0 Å². The smallest absolute Gasteiger partial charge is 0.255 e. The van der Waals surface area contributed by atoms with Crippen LogP contribution in [0.4, 0.5) is 5.69 Å². The largest absolute Gasteiger partial charge is 0.389 e. The Labute approximate surface area is 140 Å². The minimum atomic E-state index is -0.646. The maximum atomic E-state index is 12.4. The van der Waals surface area contributed by atoms with Gasteiger partial charge in [0.25, 0.3) is 5.91 Å². The zero-order valence-corrected chi connectivity index (χ0v) is 13.6. The molecule has 0 radical (unpaired) electrons. The number of carbonyl (C=O) groups is 1. The number of aliphatic hydroxyl groups is 1. The normalized spacial score (nSPS) is 12.0. The lowest BCUT2D eigenvalue weighted by molar-refractivity contribution is 0.102. The third kappa shape index (κ3) is 3.36. The van der Waals surface area contributed by atoms with Crippen molar-refractivity contribution < 1.29 is 9.90 Å². The van der Waals surface area contributed by atoms with Crippen molar-refractivity contribution >= 4 is 11.6 Å². The Morgan fingerprint density at radius 2 is 1.88 bits per heavy atom. The standard InChI is InChI=1S/C19H19N3O2/c1-13-11-20-22(12-13)16-9-7-15(8-10-16)19(24)21-18-6-4-3-5-17(18)14(2)23/h3-12,14,23H,1-2H3,(H,21,24). The molecule has 3 rings (SSSR count). The Bertz CT molecular complexity index is 851. The average molecular weight is 321 g/mol. The lowest BCUT2D eigenvalue weighted by Gasteiger charge is -2.13. The van der Waals surface area contributed by atoms with E-state index in [1.807, 2.05) is 37.4 Å². The zero-order chi connectivity index (χ0) is 17.1. The summed E-state index contributed by atoms with van der Waals surface area (Å²) >= 11 is 0. The van der Waals surface area contributed by atoms with Crippen molar-refractivity contribution in [3.05, 3.63) is 77.6 Å². The van der Waals surface area contributed by atoms with Crippen LogP contribution in [0.25, 0.3) is 5.69 Å². The van der Waals surface area contributed by atoms with Gasteiger partial charge in [-0.15, -0.1) is 0 Å². The van der Waals surface area contributed by atoms with E-state index >= 15 is 0 Å². The number of nitrogens with zero attached hydrogens (tertiary/aromatic N) is 2. The minimum Gasteiger partial charge on any atom is -0.389 e. The van der Waals surface area contributed by atoms with Crippen LogP contribution in [0, 0.1) is 6.92 Å². The molecule has 1 aromatic heterocycles. The summed E-state index contributed by atoms with van der Waals surface area (Å²) in [5.74, 6) is -0.216. The van der Waals surface area contributed by atoms with Gasteiger partial charge in [0, 0.05) is 23.0 Å². The Balaban J connectivity index is 1.79. The van der Waals surface area contributed by atoms with Crippen molar-refractivity contribution in [1.29, 1.82) is 0 Å². The molecule has 0 aliphatic heterocycles. The van der Waals surface area contributed by atoms with Crippen molar-refractivity contribution in [2.45, 2.75) is 20.0 Å². The number of rotatable bonds is 4. The number of anilines is 1. The average Bonchev–Trinajstić information content (AvgIpc) is 3.02. The van der Waals surface area contributed by atoms with E-state index in [0.717, 1.165) is 11.3 Å². The molecule has 1 unspecified atom stereocenters. The number of aliphatic hydroxyl groups excluding tert-OH is 1. The fourth-order valence-electron chi connectivity index (χ4n) is 2.49. The molecule has 0 spiro atoms. The third-order valence-corrected chi connectivity index (χ3v) is 3.76. The van der Waals surface area contributed by atoms with E-state index in [1.165, 1.54) is 0 Å². The van der Waals surface area contributed by atoms with E-state index in [1.54, 1.807) is 42.1 Å². The van der Waals surface area contributed by atoms with Crippen molar-refractivity contribution in [2.75, 3.05) is 5.32 Å². The van der Waals surface area contributed by atoms with Crippen molar-refractivity contribution in [2.24, 2.45) is 0 Å². The molecule has 24 heavy (non-hydrogen) atoms. The number of nitrogens with one attached hydrogen (secondary N) is 1. The van der Waals surface area contributed by atoms with Crippen LogP contribution in [-0.4, -0.2) is 20.8 Å². The van der Waals surface area contributed by atoms with Gasteiger partial charge in [-0.05, 0) is 49.7 Å². The second kappa shape index (κ2) is 6.68. The first-order chi connectivity index (χ1) is 11.5. The first kappa shape index (κ1) is 16.0. The third-order valence-electron chi connectivity index (χ3n) is 3.76. The Hall–Kier alpha value is -2.92. The highest BCUT2D eigenvalue weighted by Gasteiger charge is 2.11. The number of benzene rings is 2. The Kier molecular flexibility index (Phi) is 4.44. The second-order valence-corrected chi connectivity index (χ2v) is 5.73. The summed E-state index contributed by atoms with van der Waals surface area (Å²) in [4.78, 5) is 12.4. The maximum absolute atomic E-state index is 12.4. The molecule has 2 N–H and O–H groups in total. The predicted octanol–water partition coefficient (Wildman–Crippen LogP) is 3.49. The molecular formula is C19H19N3O2. The van der Waals surface area contributed by atoms with Crippen LogP contribution in [0.15, 0.2) is 60.9 Å². The van der Waals surface area contributed by atoms with Gasteiger partial charge in [-0.1, -0.05) is 18.2 Å². The van der Waals surface area contributed by atoms with E-state index in [9.17, 15) is 9.90 Å². The van der Waals surface area contributed by atoms with Gasteiger partial charge in [-0.3, -0.25) is 4.79 Å². The summed E-state index contributed by atoms with van der Waals surface area (Å²) in [5, 5.41) is 16.9. The molecule has 122 valence electrons. The monoisotopic (exact) mass is 321 g/mol. The molecular weight excluding hydrogens is 302 g/mol. The lowest BCUT2D eigenvalue weighted by atomic mass is 10.1. The topological polar surface area (TPSA) is 67.2 Å². The molecule has 5 nitrogen and oxygen atoms in total. The molecule has 0 bridgehead atoms. The van der Waals surface area contributed by atoms with Gasteiger partial charge in [0.1, 0.15) is 0 Å². The number of hydrogen-bond acceptors (Lipinski definition) is 3. The molecule has 1 amide bonds. The summed E-state index contributed by atoms with van der Waals surface area (Å²) < 4.78 is 1.76. The van der Waals surface area contributed by atoms with Gasteiger partial charge < -0.3 is 10.4 Å². The van der Waals surface area contributed by atoms with Crippen LogP contribution in [0.1, 0.15) is 34.5 Å². The zero-order valence-electron chi connectivity index (χ0n) is 13.6. The summed E-state index contributed by atoms with van der Waals surface area (Å²) in [5.41, 5.74) is 3.82. The first-order valence-corrected chi connectivity index (χ1v) is 7.74. The summed E-state index contributed by atoms with van der Waals surface area (Å²) in [6.45, 7) is 3.65. The molecule has 5 heteroatoms. The second-order valence-electron chi connectivity index (χ2n) is 5.73. The highest BCUT2D eigenvalue weighted by atomic mass is 16.3.